The molecule has 1 heterocycles. The number of carbonyl (C=O) groups excluding carboxylic acids is 1. The lowest BCUT2D eigenvalue weighted by molar-refractivity contribution is 0.0659. The zero-order valence-electron chi connectivity index (χ0n) is 23.7. The number of aromatic nitrogens is 1. The molecule has 1 atom stereocenters. The second-order valence-corrected chi connectivity index (χ2v) is 12.5. The van der Waals surface area contributed by atoms with Gasteiger partial charge in [0.2, 0.25) is 10.0 Å². The standard InChI is InChI=1S/C32H34ClN3O5S/c1-3-14-34-42(38,39)28-11-8-23-18-27(19-24(23)20-28)36(21-25-17-26(33)10-13-31(25)41-16-15-40-2)32(37)30-12-9-22-6-4-5-7-29(22)35-30/h4-13,17,20,27,34H,3,14-16,18-19,21H2,1-2H3. The Balaban J connectivity index is 1.49. The van der Waals surface area contributed by atoms with Gasteiger partial charge in [0.05, 0.1) is 23.6 Å². The fourth-order valence-corrected chi connectivity index (χ4v) is 6.59. The van der Waals surface area contributed by atoms with Crippen LogP contribution in [-0.2, 0) is 34.1 Å². The van der Waals surface area contributed by atoms with E-state index >= 15 is 0 Å². The highest BCUT2D eigenvalue weighted by Crippen LogP contribution is 2.32. The van der Waals surface area contributed by atoms with Crippen LogP contribution in [-0.4, -0.2) is 57.1 Å². The highest BCUT2D eigenvalue weighted by molar-refractivity contribution is 7.89. The molecular weight excluding hydrogens is 574 g/mol. The number of benzene rings is 3. The van der Waals surface area contributed by atoms with Gasteiger partial charge >= 0.3 is 0 Å². The van der Waals surface area contributed by atoms with Gasteiger partial charge in [-0.25, -0.2) is 18.1 Å². The van der Waals surface area contributed by atoms with E-state index < -0.39 is 10.0 Å². The molecule has 0 fully saturated rings. The molecule has 1 N–H and O–H groups in total. The number of ether oxygens (including phenoxy) is 2. The zero-order valence-corrected chi connectivity index (χ0v) is 25.2. The summed E-state index contributed by atoms with van der Waals surface area (Å²) in [6, 6.07) is 21.7. The first kappa shape index (κ1) is 30.0. The number of rotatable bonds is 12. The van der Waals surface area contributed by atoms with Gasteiger partial charge in [-0.3, -0.25) is 4.79 Å². The number of halogens is 1. The quantitative estimate of drug-likeness (QED) is 0.216. The molecule has 4 aromatic rings. The van der Waals surface area contributed by atoms with Gasteiger partial charge in [-0.05, 0) is 72.9 Å². The molecule has 220 valence electrons. The van der Waals surface area contributed by atoms with Gasteiger partial charge in [-0.15, -0.1) is 0 Å². The molecule has 1 aliphatic carbocycles. The summed E-state index contributed by atoms with van der Waals surface area (Å²) >= 11 is 6.39. The molecule has 0 bridgehead atoms. The number of nitrogens with zero attached hydrogens (tertiary/aromatic N) is 2. The summed E-state index contributed by atoms with van der Waals surface area (Å²) in [4.78, 5) is 20.9. The van der Waals surface area contributed by atoms with Crippen molar-refractivity contribution in [1.29, 1.82) is 0 Å². The van der Waals surface area contributed by atoms with Crippen LogP contribution >= 0.6 is 11.6 Å². The number of nitrogens with one attached hydrogen (secondary N) is 1. The fourth-order valence-electron chi connectivity index (χ4n) is 5.21. The van der Waals surface area contributed by atoms with Crippen LogP contribution in [0.3, 0.4) is 0 Å². The van der Waals surface area contributed by atoms with Crippen molar-refractivity contribution in [2.75, 3.05) is 26.9 Å². The van der Waals surface area contributed by atoms with Gasteiger partial charge in [0.25, 0.3) is 5.91 Å². The Labute approximate surface area is 251 Å². The molecule has 1 unspecified atom stereocenters. The van der Waals surface area contributed by atoms with Crippen molar-refractivity contribution in [3.05, 3.63) is 100 Å². The maximum absolute atomic E-state index is 14.2. The van der Waals surface area contributed by atoms with Gasteiger partial charge < -0.3 is 14.4 Å². The van der Waals surface area contributed by atoms with Crippen molar-refractivity contribution in [1.82, 2.24) is 14.6 Å². The number of pyridine rings is 1. The summed E-state index contributed by atoms with van der Waals surface area (Å²) in [6.07, 6.45) is 1.79. The van der Waals surface area contributed by atoms with E-state index in [-0.39, 0.29) is 23.4 Å². The molecule has 3 aromatic carbocycles. The van der Waals surface area contributed by atoms with Crippen LogP contribution in [0.25, 0.3) is 10.9 Å². The number of sulfonamides is 1. The third kappa shape index (κ3) is 6.76. The summed E-state index contributed by atoms with van der Waals surface area (Å²) < 4.78 is 39.4. The number of hydrogen-bond acceptors (Lipinski definition) is 6. The van der Waals surface area contributed by atoms with E-state index in [4.69, 9.17) is 21.1 Å². The Morgan fingerprint density at radius 2 is 1.83 bits per heavy atom. The van der Waals surface area contributed by atoms with Gasteiger partial charge in [-0.1, -0.05) is 48.9 Å². The summed E-state index contributed by atoms with van der Waals surface area (Å²) in [5, 5.41) is 1.48. The second kappa shape index (κ2) is 13.2. The molecule has 1 amide bonds. The van der Waals surface area contributed by atoms with E-state index in [0.29, 0.717) is 55.5 Å². The minimum Gasteiger partial charge on any atom is -0.491 e. The van der Waals surface area contributed by atoms with Crippen molar-refractivity contribution >= 4 is 38.4 Å². The predicted octanol–water partition coefficient (Wildman–Crippen LogP) is 5.41. The molecular formula is C32H34ClN3O5S. The minimum atomic E-state index is -3.61. The number of amides is 1. The lowest BCUT2D eigenvalue weighted by Gasteiger charge is -2.30. The van der Waals surface area contributed by atoms with E-state index in [2.05, 4.69) is 9.71 Å². The van der Waals surface area contributed by atoms with Crippen LogP contribution in [0, 0.1) is 0 Å². The Kier molecular flexibility index (Phi) is 9.43. The molecule has 10 heteroatoms. The third-order valence-electron chi connectivity index (χ3n) is 7.37. The van der Waals surface area contributed by atoms with Gasteiger partial charge in [-0.2, -0.15) is 0 Å². The van der Waals surface area contributed by atoms with Crippen molar-refractivity contribution in [3.63, 3.8) is 0 Å². The first-order valence-electron chi connectivity index (χ1n) is 14.0. The third-order valence-corrected chi connectivity index (χ3v) is 9.06. The summed E-state index contributed by atoms with van der Waals surface area (Å²) in [5.74, 6) is 0.394. The van der Waals surface area contributed by atoms with E-state index in [0.717, 1.165) is 27.6 Å². The largest absolute Gasteiger partial charge is 0.491 e. The number of methoxy groups -OCH3 is 1. The molecule has 0 saturated carbocycles. The van der Waals surface area contributed by atoms with Crippen molar-refractivity contribution in [3.8, 4) is 5.75 Å². The maximum Gasteiger partial charge on any atom is 0.273 e. The van der Waals surface area contributed by atoms with Gasteiger partial charge in [0.1, 0.15) is 18.1 Å². The highest BCUT2D eigenvalue weighted by Gasteiger charge is 2.33. The van der Waals surface area contributed by atoms with E-state index in [1.807, 2.05) is 49.4 Å². The monoisotopic (exact) mass is 607 g/mol. The van der Waals surface area contributed by atoms with Crippen molar-refractivity contribution in [2.45, 2.75) is 43.7 Å². The average Bonchev–Trinajstić information content (AvgIpc) is 3.42. The molecule has 5 rings (SSSR count). The normalized spacial score (nSPS) is 14.6. The molecule has 0 radical (unpaired) electrons. The molecule has 0 aliphatic heterocycles. The van der Waals surface area contributed by atoms with E-state index in [1.165, 1.54) is 0 Å². The average molecular weight is 608 g/mol. The zero-order chi connectivity index (χ0) is 29.7. The Morgan fingerprint density at radius 3 is 2.64 bits per heavy atom. The number of carbonyl (C=O) groups is 1. The summed E-state index contributed by atoms with van der Waals surface area (Å²) in [7, 11) is -2.01. The van der Waals surface area contributed by atoms with Crippen molar-refractivity contribution in [2.24, 2.45) is 0 Å². The summed E-state index contributed by atoms with van der Waals surface area (Å²) in [6.45, 7) is 3.29. The van der Waals surface area contributed by atoms with Crippen LogP contribution in [0.4, 0.5) is 0 Å². The molecule has 1 aliphatic rings. The minimum absolute atomic E-state index is 0.223. The maximum atomic E-state index is 14.2. The van der Waals surface area contributed by atoms with Crippen LogP contribution in [0.2, 0.25) is 5.02 Å². The fraction of sp³-hybridized carbons (Fsp3) is 0.312. The number of para-hydroxylation sites is 1. The van der Waals surface area contributed by atoms with E-state index in [1.54, 1.807) is 42.3 Å². The number of hydrogen-bond donors (Lipinski definition) is 1. The van der Waals surface area contributed by atoms with Gasteiger partial charge in [0, 0.05) is 35.7 Å². The first-order valence-corrected chi connectivity index (χ1v) is 15.8. The number of fused-ring (bicyclic) bond motifs is 2. The summed E-state index contributed by atoms with van der Waals surface area (Å²) in [5.41, 5.74) is 3.75. The van der Waals surface area contributed by atoms with Crippen LogP contribution in [0.1, 0.15) is 40.5 Å². The Bertz CT molecular complexity index is 1700. The Hall–Kier alpha value is -3.50. The SMILES string of the molecule is CCCNS(=O)(=O)c1ccc2c(c1)CC(N(Cc1cc(Cl)ccc1OCCOC)C(=O)c1ccc3ccccc3n1)C2. The predicted molar refractivity (Wildman–Crippen MR) is 164 cm³/mol. The topological polar surface area (TPSA) is 97.8 Å². The lowest BCUT2D eigenvalue weighted by atomic mass is 10.1. The molecule has 8 nitrogen and oxygen atoms in total. The Morgan fingerprint density at radius 1 is 1.02 bits per heavy atom. The molecule has 0 spiro atoms. The van der Waals surface area contributed by atoms with Crippen molar-refractivity contribution < 1.29 is 22.7 Å². The van der Waals surface area contributed by atoms with Gasteiger partial charge in [0.15, 0.2) is 0 Å². The smallest absolute Gasteiger partial charge is 0.273 e. The molecule has 42 heavy (non-hydrogen) atoms. The highest BCUT2D eigenvalue weighted by atomic mass is 35.5. The van der Waals surface area contributed by atoms with Crippen LogP contribution in [0.5, 0.6) is 5.75 Å². The first-order chi connectivity index (χ1) is 20.3. The molecule has 0 saturated heterocycles. The van der Waals surface area contributed by atoms with Crippen LogP contribution in [0.15, 0.2) is 77.7 Å². The van der Waals surface area contributed by atoms with Crippen LogP contribution < -0.4 is 9.46 Å². The second-order valence-electron chi connectivity index (χ2n) is 10.3. The lowest BCUT2D eigenvalue weighted by Crippen LogP contribution is -2.41. The van der Waals surface area contributed by atoms with E-state index in [9.17, 15) is 13.2 Å². The molecule has 1 aromatic heterocycles.